The second kappa shape index (κ2) is 6.97. The summed E-state index contributed by atoms with van der Waals surface area (Å²) in [4.78, 5) is 18.4. The zero-order chi connectivity index (χ0) is 12.8. The van der Waals surface area contributed by atoms with Crippen molar-refractivity contribution in [3.63, 3.8) is 0 Å². The molecule has 1 aromatic rings. The van der Waals surface area contributed by atoms with E-state index in [0.717, 1.165) is 42.8 Å². The van der Waals surface area contributed by atoms with Crippen molar-refractivity contribution in [2.45, 2.75) is 12.8 Å². The third kappa shape index (κ3) is 4.48. The summed E-state index contributed by atoms with van der Waals surface area (Å²) in [6.07, 6.45) is 3.28. The summed E-state index contributed by atoms with van der Waals surface area (Å²) in [6, 6.07) is 3.82. The van der Waals surface area contributed by atoms with E-state index in [4.69, 9.17) is 0 Å². The molecule has 2 rings (SSSR count). The molecule has 0 spiro atoms. The number of carbonyl (C=O) groups is 1. The van der Waals surface area contributed by atoms with E-state index in [1.807, 2.05) is 12.1 Å². The van der Waals surface area contributed by atoms with Gasteiger partial charge in [0.25, 0.3) is 0 Å². The largest absolute Gasteiger partial charge is 0.315 e. The topological polar surface area (TPSA) is 45.2 Å². The van der Waals surface area contributed by atoms with Crippen LogP contribution in [0.25, 0.3) is 0 Å². The van der Waals surface area contributed by atoms with Crippen LogP contribution in [0.1, 0.15) is 12.1 Å². The quantitative estimate of drug-likeness (QED) is 0.909. The first kappa shape index (κ1) is 13.6. The van der Waals surface area contributed by atoms with E-state index < -0.39 is 0 Å². The smallest absolute Gasteiger partial charge is 0.152 e. The van der Waals surface area contributed by atoms with Crippen molar-refractivity contribution in [3.8, 4) is 0 Å². The first-order valence-corrected chi connectivity index (χ1v) is 7.08. The van der Waals surface area contributed by atoms with Crippen LogP contribution in [-0.2, 0) is 11.2 Å². The molecule has 5 heteroatoms. The van der Waals surface area contributed by atoms with Crippen LogP contribution in [0.2, 0.25) is 0 Å². The van der Waals surface area contributed by atoms with Gasteiger partial charge in [0, 0.05) is 29.5 Å². The first-order valence-electron chi connectivity index (χ1n) is 6.29. The predicted molar refractivity (Wildman–Crippen MR) is 74.6 cm³/mol. The summed E-state index contributed by atoms with van der Waals surface area (Å²) in [7, 11) is 0. The van der Waals surface area contributed by atoms with Gasteiger partial charge in [0.15, 0.2) is 5.78 Å². The lowest BCUT2D eigenvalue weighted by molar-refractivity contribution is -0.119. The molecule has 0 saturated carbocycles. The van der Waals surface area contributed by atoms with Gasteiger partial charge in [-0.25, -0.2) is 0 Å². The molecule has 0 bridgehead atoms. The average molecular weight is 312 g/mol. The molecule has 1 N–H and O–H groups in total. The van der Waals surface area contributed by atoms with Crippen molar-refractivity contribution in [1.82, 2.24) is 15.2 Å². The number of nitrogens with zero attached hydrogens (tertiary/aromatic N) is 2. The molecule has 0 aromatic carbocycles. The summed E-state index contributed by atoms with van der Waals surface area (Å²) in [5, 5.41) is 3.34. The highest BCUT2D eigenvalue weighted by Crippen LogP contribution is 2.08. The van der Waals surface area contributed by atoms with Gasteiger partial charge in [0.1, 0.15) is 0 Å². The van der Waals surface area contributed by atoms with Gasteiger partial charge in [-0.15, -0.1) is 0 Å². The molecule has 0 aliphatic carbocycles. The summed E-state index contributed by atoms with van der Waals surface area (Å²) in [5.41, 5.74) is 0.844. The van der Waals surface area contributed by atoms with Gasteiger partial charge >= 0.3 is 0 Å². The van der Waals surface area contributed by atoms with Crippen LogP contribution in [0, 0.1) is 0 Å². The minimum atomic E-state index is 0.242. The van der Waals surface area contributed by atoms with E-state index in [1.54, 1.807) is 6.20 Å². The van der Waals surface area contributed by atoms with Crippen molar-refractivity contribution in [2.75, 3.05) is 32.7 Å². The number of rotatable bonds is 4. The Bertz CT molecular complexity index is 386. The minimum Gasteiger partial charge on any atom is -0.315 e. The van der Waals surface area contributed by atoms with Crippen LogP contribution >= 0.6 is 15.9 Å². The van der Waals surface area contributed by atoms with Crippen molar-refractivity contribution in [3.05, 3.63) is 28.5 Å². The Kier molecular flexibility index (Phi) is 5.28. The Morgan fingerprint density at radius 1 is 1.39 bits per heavy atom. The molecule has 1 fully saturated rings. The predicted octanol–water partition coefficient (Wildman–Crippen LogP) is 1.25. The Balaban J connectivity index is 1.82. The highest BCUT2D eigenvalue weighted by Gasteiger charge is 2.13. The van der Waals surface area contributed by atoms with Gasteiger partial charge in [-0.3, -0.25) is 14.7 Å². The lowest BCUT2D eigenvalue weighted by Gasteiger charge is -2.18. The number of hydrogen-bond acceptors (Lipinski definition) is 4. The molecule has 2 heterocycles. The SMILES string of the molecule is O=C(Cc1ccc(Br)cn1)CN1CCCNCC1. The molecule has 1 aromatic heterocycles. The first-order chi connectivity index (χ1) is 8.74. The van der Waals surface area contributed by atoms with Crippen LogP contribution in [0.4, 0.5) is 0 Å². The number of aromatic nitrogens is 1. The number of halogens is 1. The van der Waals surface area contributed by atoms with Crippen LogP contribution in [0.3, 0.4) is 0 Å². The maximum atomic E-state index is 12.0. The van der Waals surface area contributed by atoms with Gasteiger partial charge < -0.3 is 5.32 Å². The van der Waals surface area contributed by atoms with Crippen molar-refractivity contribution < 1.29 is 4.79 Å². The molecule has 0 unspecified atom stereocenters. The number of carbonyl (C=O) groups excluding carboxylic acids is 1. The van der Waals surface area contributed by atoms with Gasteiger partial charge in [-0.2, -0.15) is 0 Å². The van der Waals surface area contributed by atoms with Crippen LogP contribution < -0.4 is 5.32 Å². The second-order valence-corrected chi connectivity index (χ2v) is 5.48. The fourth-order valence-electron chi connectivity index (χ4n) is 2.08. The van der Waals surface area contributed by atoms with Gasteiger partial charge in [-0.05, 0) is 47.6 Å². The zero-order valence-corrected chi connectivity index (χ0v) is 11.9. The van der Waals surface area contributed by atoms with E-state index >= 15 is 0 Å². The van der Waals surface area contributed by atoms with Gasteiger partial charge in [-0.1, -0.05) is 0 Å². The van der Waals surface area contributed by atoms with Crippen LogP contribution in [-0.4, -0.2) is 48.4 Å². The van der Waals surface area contributed by atoms with E-state index in [9.17, 15) is 4.79 Å². The number of nitrogens with one attached hydrogen (secondary N) is 1. The number of Topliss-reactive ketones (excluding diaryl/α,β-unsaturated/α-hetero) is 1. The maximum absolute atomic E-state index is 12.0. The molecule has 0 atom stereocenters. The highest BCUT2D eigenvalue weighted by molar-refractivity contribution is 9.10. The van der Waals surface area contributed by atoms with E-state index in [2.05, 4.69) is 31.1 Å². The zero-order valence-electron chi connectivity index (χ0n) is 10.4. The second-order valence-electron chi connectivity index (χ2n) is 4.56. The number of pyridine rings is 1. The molecule has 4 nitrogen and oxygen atoms in total. The summed E-state index contributed by atoms with van der Waals surface area (Å²) in [6.45, 7) is 4.54. The van der Waals surface area contributed by atoms with Crippen LogP contribution in [0.15, 0.2) is 22.8 Å². The van der Waals surface area contributed by atoms with Crippen molar-refractivity contribution >= 4 is 21.7 Å². The molecule has 1 saturated heterocycles. The van der Waals surface area contributed by atoms with Crippen molar-refractivity contribution in [2.24, 2.45) is 0 Å². The lowest BCUT2D eigenvalue weighted by atomic mass is 10.2. The van der Waals surface area contributed by atoms with Gasteiger partial charge in [0.2, 0.25) is 0 Å². The molecule has 1 aliphatic rings. The third-order valence-corrected chi connectivity index (χ3v) is 3.47. The lowest BCUT2D eigenvalue weighted by Crippen LogP contribution is -2.33. The van der Waals surface area contributed by atoms with E-state index in [-0.39, 0.29) is 5.78 Å². The standard InChI is InChI=1S/C13H18BrN3O/c14-11-2-3-12(16-9-11)8-13(18)10-17-6-1-4-15-5-7-17/h2-3,9,15H,1,4-8,10H2. The summed E-state index contributed by atoms with van der Waals surface area (Å²) < 4.78 is 0.942. The number of hydrogen-bond donors (Lipinski definition) is 1. The average Bonchev–Trinajstić information content (AvgIpc) is 2.61. The van der Waals surface area contributed by atoms with E-state index in [1.165, 1.54) is 0 Å². The Morgan fingerprint density at radius 3 is 3.06 bits per heavy atom. The molecular formula is C13H18BrN3O. The molecular weight excluding hydrogens is 294 g/mol. The summed E-state index contributed by atoms with van der Waals surface area (Å²) >= 11 is 3.34. The molecule has 0 radical (unpaired) electrons. The van der Waals surface area contributed by atoms with Crippen molar-refractivity contribution in [1.29, 1.82) is 0 Å². The summed E-state index contributed by atoms with van der Waals surface area (Å²) in [5.74, 6) is 0.242. The normalized spacial score (nSPS) is 17.4. The Hall–Kier alpha value is -0.780. The Morgan fingerprint density at radius 2 is 2.28 bits per heavy atom. The Labute approximate surface area is 116 Å². The molecule has 1 aliphatic heterocycles. The number of ketones is 1. The molecule has 0 amide bonds. The van der Waals surface area contributed by atoms with Crippen LogP contribution in [0.5, 0.6) is 0 Å². The maximum Gasteiger partial charge on any atom is 0.152 e. The fraction of sp³-hybridized carbons (Fsp3) is 0.538. The van der Waals surface area contributed by atoms with Gasteiger partial charge in [0.05, 0.1) is 13.0 Å². The van der Waals surface area contributed by atoms with E-state index in [0.29, 0.717) is 13.0 Å². The minimum absolute atomic E-state index is 0.242. The molecule has 18 heavy (non-hydrogen) atoms. The fourth-order valence-corrected chi connectivity index (χ4v) is 2.31. The third-order valence-electron chi connectivity index (χ3n) is 3.00. The molecule has 98 valence electrons. The highest BCUT2D eigenvalue weighted by atomic mass is 79.9. The monoisotopic (exact) mass is 311 g/mol.